The van der Waals surface area contributed by atoms with Gasteiger partial charge >= 0.3 is 0 Å². The molecule has 1 aromatic rings. The van der Waals surface area contributed by atoms with E-state index in [1.807, 2.05) is 0 Å². The van der Waals surface area contributed by atoms with E-state index >= 15 is 0 Å². The van der Waals surface area contributed by atoms with Crippen LogP contribution in [0.25, 0.3) is 5.57 Å². The van der Waals surface area contributed by atoms with E-state index in [-0.39, 0.29) is 0 Å². The topological polar surface area (TPSA) is 26.0 Å². The van der Waals surface area contributed by atoms with Crippen molar-refractivity contribution in [1.29, 1.82) is 0 Å². The van der Waals surface area contributed by atoms with Gasteiger partial charge in [0.1, 0.15) is 0 Å². The molecule has 1 aliphatic rings. The Balaban J connectivity index is 2.39. The molecule has 0 unspecified atom stereocenters. The van der Waals surface area contributed by atoms with Crippen LogP contribution >= 0.6 is 0 Å². The van der Waals surface area contributed by atoms with Gasteiger partial charge in [0, 0.05) is 11.3 Å². The van der Waals surface area contributed by atoms with E-state index in [0.717, 1.165) is 5.69 Å². The van der Waals surface area contributed by atoms with Gasteiger partial charge in [0.15, 0.2) is 0 Å². The fourth-order valence-corrected chi connectivity index (χ4v) is 2.02. The number of benzene rings is 1. The number of hydrogen-bond acceptors (Lipinski definition) is 1. The van der Waals surface area contributed by atoms with Crippen LogP contribution in [0.2, 0.25) is 0 Å². The van der Waals surface area contributed by atoms with Gasteiger partial charge in [0.2, 0.25) is 0 Å². The smallest absolute Gasteiger partial charge is 0.0425 e. The highest BCUT2D eigenvalue weighted by Gasteiger charge is 2.26. The van der Waals surface area contributed by atoms with Crippen molar-refractivity contribution in [3.8, 4) is 0 Å². The highest BCUT2D eigenvalue weighted by molar-refractivity contribution is 5.78. The van der Waals surface area contributed by atoms with E-state index < -0.39 is 0 Å². The molecular weight excluding hydrogens is 182 g/mol. The Kier molecular flexibility index (Phi) is 2.56. The van der Waals surface area contributed by atoms with Crippen molar-refractivity contribution in [3.05, 3.63) is 35.9 Å². The minimum atomic E-state index is 0.483. The van der Waals surface area contributed by atoms with Crippen molar-refractivity contribution in [3.63, 3.8) is 0 Å². The molecule has 1 nitrogen and oxygen atoms in total. The number of nitrogens with two attached hydrogens (primary N) is 1. The number of anilines is 1. The summed E-state index contributed by atoms with van der Waals surface area (Å²) in [4.78, 5) is 0. The van der Waals surface area contributed by atoms with Gasteiger partial charge < -0.3 is 5.73 Å². The van der Waals surface area contributed by atoms with Crippen LogP contribution in [-0.2, 0) is 0 Å². The van der Waals surface area contributed by atoms with Gasteiger partial charge in [-0.25, -0.2) is 0 Å². The quantitative estimate of drug-likeness (QED) is 0.739. The molecule has 1 fully saturated rings. The third-order valence-electron chi connectivity index (χ3n) is 3.18. The van der Waals surface area contributed by atoms with E-state index in [9.17, 15) is 0 Å². The molecule has 1 saturated carbocycles. The average molecular weight is 201 g/mol. The Morgan fingerprint density at radius 2 is 2.07 bits per heavy atom. The van der Waals surface area contributed by atoms with E-state index in [1.165, 1.54) is 29.5 Å². The second kappa shape index (κ2) is 3.73. The molecule has 2 rings (SSSR count). The lowest BCUT2D eigenvalue weighted by molar-refractivity contribution is 0.869. The lowest BCUT2D eigenvalue weighted by Gasteiger charge is -2.14. The van der Waals surface area contributed by atoms with Crippen LogP contribution in [0, 0.1) is 5.92 Å². The Morgan fingerprint density at radius 3 is 2.60 bits per heavy atom. The summed E-state index contributed by atoms with van der Waals surface area (Å²) in [5, 5.41) is 0. The second-order valence-corrected chi connectivity index (χ2v) is 4.76. The molecular formula is C14H19N. The first-order valence-electron chi connectivity index (χ1n) is 5.68. The predicted octanol–water partition coefficient (Wildman–Crippen LogP) is 3.82. The standard InChI is InChI=1S/C14H19N/c1-9(2)12-5-4-6-13(14(12)15)10(3)11-7-8-11/h4-6,9,11H,3,7-8,15H2,1-2H3. The summed E-state index contributed by atoms with van der Waals surface area (Å²) in [6, 6.07) is 6.31. The highest BCUT2D eigenvalue weighted by Crippen LogP contribution is 2.43. The first-order valence-corrected chi connectivity index (χ1v) is 5.68. The Bertz CT molecular complexity index is 386. The average Bonchev–Trinajstić information content (AvgIpc) is 3.00. The van der Waals surface area contributed by atoms with E-state index in [1.54, 1.807) is 0 Å². The molecule has 1 aliphatic carbocycles. The molecule has 2 N–H and O–H groups in total. The lowest BCUT2D eigenvalue weighted by Crippen LogP contribution is -2.01. The molecule has 15 heavy (non-hydrogen) atoms. The third kappa shape index (κ3) is 1.92. The van der Waals surface area contributed by atoms with Crippen LogP contribution in [0.15, 0.2) is 24.8 Å². The fourth-order valence-electron chi connectivity index (χ4n) is 2.02. The molecule has 0 atom stereocenters. The summed E-state index contributed by atoms with van der Waals surface area (Å²) in [5.74, 6) is 1.17. The van der Waals surface area contributed by atoms with Crippen molar-refractivity contribution in [2.24, 2.45) is 5.92 Å². The number of hydrogen-bond donors (Lipinski definition) is 1. The van der Waals surface area contributed by atoms with Crippen molar-refractivity contribution in [1.82, 2.24) is 0 Å². The molecule has 1 aromatic carbocycles. The molecule has 0 bridgehead atoms. The molecule has 0 aliphatic heterocycles. The maximum Gasteiger partial charge on any atom is 0.0425 e. The number of rotatable bonds is 3. The monoisotopic (exact) mass is 201 g/mol. The number of allylic oxidation sites excluding steroid dienone is 1. The molecule has 0 amide bonds. The third-order valence-corrected chi connectivity index (χ3v) is 3.18. The second-order valence-electron chi connectivity index (χ2n) is 4.76. The van der Waals surface area contributed by atoms with Crippen molar-refractivity contribution in [2.45, 2.75) is 32.6 Å². The van der Waals surface area contributed by atoms with Crippen molar-refractivity contribution < 1.29 is 0 Å². The molecule has 80 valence electrons. The summed E-state index contributed by atoms with van der Waals surface area (Å²) in [7, 11) is 0. The fraction of sp³-hybridized carbons (Fsp3) is 0.429. The van der Waals surface area contributed by atoms with Crippen LogP contribution in [-0.4, -0.2) is 0 Å². The van der Waals surface area contributed by atoms with E-state index in [4.69, 9.17) is 5.73 Å². The van der Waals surface area contributed by atoms with Crippen LogP contribution in [0.4, 0.5) is 5.69 Å². The zero-order valence-electron chi connectivity index (χ0n) is 9.59. The summed E-state index contributed by atoms with van der Waals surface area (Å²) in [6.45, 7) is 8.52. The zero-order valence-corrected chi connectivity index (χ0v) is 9.59. The predicted molar refractivity (Wildman–Crippen MR) is 66.7 cm³/mol. The van der Waals surface area contributed by atoms with Crippen molar-refractivity contribution >= 4 is 11.3 Å². The minimum absolute atomic E-state index is 0.483. The SMILES string of the molecule is C=C(c1cccc(C(C)C)c1N)C1CC1. The Morgan fingerprint density at radius 1 is 1.40 bits per heavy atom. The molecule has 0 aromatic heterocycles. The summed E-state index contributed by atoms with van der Waals surface area (Å²) in [6.07, 6.45) is 2.56. The highest BCUT2D eigenvalue weighted by atomic mass is 14.6. The summed E-state index contributed by atoms with van der Waals surface area (Å²) < 4.78 is 0. The Labute approximate surface area is 92.0 Å². The maximum absolute atomic E-state index is 6.19. The number of nitrogen functional groups attached to an aromatic ring is 1. The Hall–Kier alpha value is -1.24. The molecule has 0 spiro atoms. The van der Waals surface area contributed by atoms with Crippen LogP contribution in [0.1, 0.15) is 43.7 Å². The van der Waals surface area contributed by atoms with Crippen LogP contribution < -0.4 is 5.73 Å². The normalized spacial score (nSPS) is 15.7. The van der Waals surface area contributed by atoms with Gasteiger partial charge in [-0.2, -0.15) is 0 Å². The van der Waals surface area contributed by atoms with Gasteiger partial charge in [0.05, 0.1) is 0 Å². The summed E-state index contributed by atoms with van der Waals surface area (Å²) >= 11 is 0. The molecule has 0 heterocycles. The molecule has 0 saturated heterocycles. The van der Waals surface area contributed by atoms with E-state index in [2.05, 4.69) is 38.6 Å². The van der Waals surface area contributed by atoms with Gasteiger partial charge in [-0.1, -0.05) is 38.6 Å². The first-order chi connectivity index (χ1) is 7.11. The van der Waals surface area contributed by atoms with Gasteiger partial charge in [-0.3, -0.25) is 0 Å². The van der Waals surface area contributed by atoms with E-state index in [0.29, 0.717) is 11.8 Å². The minimum Gasteiger partial charge on any atom is -0.398 e. The van der Waals surface area contributed by atoms with Gasteiger partial charge in [-0.05, 0) is 35.8 Å². The number of para-hydroxylation sites is 1. The van der Waals surface area contributed by atoms with Crippen molar-refractivity contribution in [2.75, 3.05) is 5.73 Å². The largest absolute Gasteiger partial charge is 0.398 e. The zero-order chi connectivity index (χ0) is 11.0. The van der Waals surface area contributed by atoms with Crippen LogP contribution in [0.5, 0.6) is 0 Å². The van der Waals surface area contributed by atoms with Gasteiger partial charge in [0.25, 0.3) is 0 Å². The molecule has 0 radical (unpaired) electrons. The maximum atomic E-state index is 6.19. The van der Waals surface area contributed by atoms with Crippen LogP contribution in [0.3, 0.4) is 0 Å². The summed E-state index contributed by atoms with van der Waals surface area (Å²) in [5.41, 5.74) is 10.8. The first kappa shape index (κ1) is 10.3. The molecule has 1 heteroatoms. The van der Waals surface area contributed by atoms with Gasteiger partial charge in [-0.15, -0.1) is 0 Å². The lowest BCUT2D eigenvalue weighted by atomic mass is 9.93.